The Kier molecular flexibility index (Phi) is 7.32. The first-order valence-corrected chi connectivity index (χ1v) is 11.2. The number of rotatable bonds is 10. The molecule has 34 heavy (non-hydrogen) atoms. The number of aromatic amines is 1. The fraction of sp³-hybridized carbons (Fsp3) is 0.259. The summed E-state index contributed by atoms with van der Waals surface area (Å²) in [5.74, 6) is 2.36. The lowest BCUT2D eigenvalue weighted by atomic mass is 10.0. The Hall–Kier alpha value is -4.00. The maximum atomic E-state index is 13.0. The molecule has 0 radical (unpaired) electrons. The highest BCUT2D eigenvalue weighted by Crippen LogP contribution is 2.38. The largest absolute Gasteiger partial charge is 0.493 e. The number of aromatic nitrogens is 2. The van der Waals surface area contributed by atoms with Crippen LogP contribution in [-0.4, -0.2) is 37.2 Å². The zero-order chi connectivity index (χ0) is 23.9. The third-order valence-corrected chi connectivity index (χ3v) is 5.72. The first-order chi connectivity index (χ1) is 16.6. The van der Waals surface area contributed by atoms with E-state index in [2.05, 4.69) is 22.4 Å². The summed E-state index contributed by atoms with van der Waals surface area (Å²) in [6.07, 6.45) is 1.47. The number of hydrogen-bond donors (Lipinski definition) is 2. The van der Waals surface area contributed by atoms with Crippen LogP contribution in [0.1, 0.15) is 29.4 Å². The molecule has 3 aromatic carbocycles. The molecule has 1 unspecified atom stereocenters. The summed E-state index contributed by atoms with van der Waals surface area (Å²) in [6.45, 7) is 0. The standard InChI is InChI=1S/C27H29N3O4/c1-32-23-16-19(17-24(33-2)26(23)34-3)13-14-25(31)28-22(15-18-9-5-4-6-10-18)27-29-20-11-7-8-12-21(20)30-27/h4-12,16-17,22H,13-15H2,1-3H3,(H,28,31)(H,29,30). The number of nitrogens with one attached hydrogen (secondary N) is 2. The van der Waals surface area contributed by atoms with Crippen LogP contribution in [0.25, 0.3) is 11.0 Å². The Bertz CT molecular complexity index is 1200. The van der Waals surface area contributed by atoms with E-state index >= 15 is 0 Å². The number of carbonyl (C=O) groups excluding carboxylic acids is 1. The molecule has 4 rings (SSSR count). The van der Waals surface area contributed by atoms with Crippen LogP contribution < -0.4 is 19.5 Å². The second kappa shape index (κ2) is 10.7. The number of benzene rings is 3. The van der Waals surface area contributed by atoms with Gasteiger partial charge in [0.15, 0.2) is 11.5 Å². The molecule has 0 spiro atoms. The van der Waals surface area contributed by atoms with E-state index in [1.807, 2.05) is 54.6 Å². The van der Waals surface area contributed by atoms with Gasteiger partial charge in [0.2, 0.25) is 11.7 Å². The van der Waals surface area contributed by atoms with Crippen LogP contribution in [0, 0.1) is 0 Å². The van der Waals surface area contributed by atoms with Gasteiger partial charge in [0.25, 0.3) is 0 Å². The summed E-state index contributed by atoms with van der Waals surface area (Å²) in [4.78, 5) is 21.1. The summed E-state index contributed by atoms with van der Waals surface area (Å²) in [7, 11) is 4.73. The zero-order valence-corrected chi connectivity index (χ0v) is 19.6. The second-order valence-corrected chi connectivity index (χ2v) is 7.98. The molecule has 4 aromatic rings. The van der Waals surface area contributed by atoms with Crippen molar-refractivity contribution in [2.24, 2.45) is 0 Å². The average molecular weight is 460 g/mol. The predicted octanol–water partition coefficient (Wildman–Crippen LogP) is 4.62. The van der Waals surface area contributed by atoms with Crippen molar-refractivity contribution in [2.45, 2.75) is 25.3 Å². The van der Waals surface area contributed by atoms with Gasteiger partial charge in [-0.05, 0) is 48.2 Å². The molecule has 0 aliphatic carbocycles. The molecule has 1 atom stereocenters. The lowest BCUT2D eigenvalue weighted by molar-refractivity contribution is -0.121. The SMILES string of the molecule is COc1cc(CCC(=O)NC(Cc2ccccc2)c2nc3ccccc3[nH]2)cc(OC)c1OC. The number of fused-ring (bicyclic) bond motifs is 1. The van der Waals surface area contributed by atoms with Crippen molar-refractivity contribution in [3.63, 3.8) is 0 Å². The fourth-order valence-electron chi connectivity index (χ4n) is 4.01. The van der Waals surface area contributed by atoms with Crippen LogP contribution in [0.3, 0.4) is 0 Å². The molecule has 1 aromatic heterocycles. The fourth-order valence-corrected chi connectivity index (χ4v) is 4.01. The van der Waals surface area contributed by atoms with Crippen LogP contribution in [0.4, 0.5) is 0 Å². The van der Waals surface area contributed by atoms with Crippen LogP contribution in [-0.2, 0) is 17.6 Å². The molecule has 176 valence electrons. The highest BCUT2D eigenvalue weighted by atomic mass is 16.5. The van der Waals surface area contributed by atoms with Crippen LogP contribution >= 0.6 is 0 Å². The van der Waals surface area contributed by atoms with Crippen LogP contribution in [0.15, 0.2) is 66.7 Å². The van der Waals surface area contributed by atoms with Gasteiger partial charge in [-0.15, -0.1) is 0 Å². The maximum Gasteiger partial charge on any atom is 0.220 e. The number of ether oxygens (including phenoxy) is 3. The van der Waals surface area contributed by atoms with Gasteiger partial charge in [-0.1, -0.05) is 42.5 Å². The summed E-state index contributed by atoms with van der Waals surface area (Å²) in [6, 6.07) is 21.4. The summed E-state index contributed by atoms with van der Waals surface area (Å²) >= 11 is 0. The van der Waals surface area contributed by atoms with E-state index in [0.717, 1.165) is 28.0 Å². The van der Waals surface area contributed by atoms with Gasteiger partial charge in [0, 0.05) is 6.42 Å². The molecule has 7 heteroatoms. The van der Waals surface area contributed by atoms with Gasteiger partial charge in [-0.2, -0.15) is 0 Å². The van der Waals surface area contributed by atoms with Crippen LogP contribution in [0.5, 0.6) is 17.2 Å². The number of H-pyrrole nitrogens is 1. The average Bonchev–Trinajstić information content (AvgIpc) is 3.31. The van der Waals surface area contributed by atoms with Crippen molar-refractivity contribution in [1.82, 2.24) is 15.3 Å². The molecule has 0 aliphatic rings. The highest BCUT2D eigenvalue weighted by Gasteiger charge is 2.20. The van der Waals surface area contributed by atoms with Crippen molar-refractivity contribution in [2.75, 3.05) is 21.3 Å². The topological polar surface area (TPSA) is 85.5 Å². The molecule has 0 fully saturated rings. The van der Waals surface area contributed by atoms with E-state index in [-0.39, 0.29) is 11.9 Å². The van der Waals surface area contributed by atoms with E-state index in [9.17, 15) is 4.79 Å². The number of aryl methyl sites for hydroxylation is 1. The van der Waals surface area contributed by atoms with Gasteiger partial charge >= 0.3 is 0 Å². The summed E-state index contributed by atoms with van der Waals surface area (Å²) in [5, 5.41) is 3.17. The minimum absolute atomic E-state index is 0.0601. The molecular formula is C27H29N3O4. The number of methoxy groups -OCH3 is 3. The Morgan fingerprint density at radius 2 is 1.59 bits per heavy atom. The van der Waals surface area contributed by atoms with E-state index in [1.54, 1.807) is 21.3 Å². The van der Waals surface area contributed by atoms with E-state index in [1.165, 1.54) is 0 Å². The zero-order valence-electron chi connectivity index (χ0n) is 19.6. The third-order valence-electron chi connectivity index (χ3n) is 5.72. The van der Waals surface area contributed by atoms with Crippen molar-refractivity contribution in [3.8, 4) is 17.2 Å². The molecule has 1 amide bonds. The number of hydrogen-bond acceptors (Lipinski definition) is 5. The Balaban J connectivity index is 1.50. The minimum Gasteiger partial charge on any atom is -0.493 e. The highest BCUT2D eigenvalue weighted by molar-refractivity contribution is 5.78. The normalized spacial score (nSPS) is 11.7. The molecule has 2 N–H and O–H groups in total. The Labute approximate surface area is 199 Å². The number of carbonyl (C=O) groups is 1. The first kappa shape index (κ1) is 23.2. The van der Waals surface area contributed by atoms with Gasteiger partial charge in [0.1, 0.15) is 5.82 Å². The molecule has 1 heterocycles. The van der Waals surface area contributed by atoms with Gasteiger partial charge in [0.05, 0.1) is 38.4 Å². The maximum absolute atomic E-state index is 13.0. The van der Waals surface area contributed by atoms with Crippen molar-refractivity contribution in [3.05, 3.63) is 83.7 Å². The van der Waals surface area contributed by atoms with E-state index < -0.39 is 0 Å². The summed E-state index contributed by atoms with van der Waals surface area (Å²) in [5.41, 5.74) is 3.87. The van der Waals surface area contributed by atoms with E-state index in [4.69, 9.17) is 19.2 Å². The van der Waals surface area contributed by atoms with Gasteiger partial charge < -0.3 is 24.5 Å². The third kappa shape index (κ3) is 5.31. The van der Waals surface area contributed by atoms with Crippen LogP contribution in [0.2, 0.25) is 0 Å². The minimum atomic E-state index is -0.276. The number of amides is 1. The lowest BCUT2D eigenvalue weighted by Gasteiger charge is -2.18. The molecule has 0 aliphatic heterocycles. The molecule has 0 saturated heterocycles. The summed E-state index contributed by atoms with van der Waals surface area (Å²) < 4.78 is 16.2. The molecule has 7 nitrogen and oxygen atoms in total. The first-order valence-electron chi connectivity index (χ1n) is 11.2. The number of para-hydroxylation sites is 2. The Morgan fingerprint density at radius 1 is 0.912 bits per heavy atom. The number of imidazole rings is 1. The molecular weight excluding hydrogens is 430 g/mol. The van der Waals surface area contributed by atoms with Crippen molar-refractivity contribution >= 4 is 16.9 Å². The second-order valence-electron chi connectivity index (χ2n) is 7.98. The van der Waals surface area contributed by atoms with Crippen molar-refractivity contribution < 1.29 is 19.0 Å². The number of nitrogens with zero attached hydrogens (tertiary/aromatic N) is 1. The van der Waals surface area contributed by atoms with Gasteiger partial charge in [-0.25, -0.2) is 4.98 Å². The predicted molar refractivity (Wildman–Crippen MR) is 132 cm³/mol. The Morgan fingerprint density at radius 3 is 2.24 bits per heavy atom. The van der Waals surface area contributed by atoms with E-state index in [0.29, 0.717) is 36.5 Å². The molecule has 0 bridgehead atoms. The quantitative estimate of drug-likeness (QED) is 0.361. The smallest absolute Gasteiger partial charge is 0.220 e. The van der Waals surface area contributed by atoms with Gasteiger partial charge in [-0.3, -0.25) is 4.79 Å². The van der Waals surface area contributed by atoms with Crippen molar-refractivity contribution in [1.29, 1.82) is 0 Å². The lowest BCUT2D eigenvalue weighted by Crippen LogP contribution is -2.31. The molecule has 0 saturated carbocycles. The monoisotopic (exact) mass is 459 g/mol.